The molecule has 9 nitrogen and oxygen atoms in total. The maximum Gasteiger partial charge on any atom is 0.294 e. The van der Waals surface area contributed by atoms with Gasteiger partial charge >= 0.3 is 0 Å². The Morgan fingerprint density at radius 1 is 1.18 bits per heavy atom. The lowest BCUT2D eigenvalue weighted by atomic mass is 10.2. The lowest BCUT2D eigenvalue weighted by Gasteiger charge is -2.06. The van der Waals surface area contributed by atoms with Crippen LogP contribution in [0.3, 0.4) is 0 Å². The molecule has 3 N–H and O–H groups in total. The largest absolute Gasteiger partial charge is 0.454 e. The first kappa shape index (κ1) is 19.2. The first-order chi connectivity index (χ1) is 13.4. The molecule has 0 fully saturated rings. The molecular formula is C18H15N3O6S. The van der Waals surface area contributed by atoms with Crippen molar-refractivity contribution in [2.45, 2.75) is 11.4 Å². The number of nitriles is 1. The van der Waals surface area contributed by atoms with E-state index in [-0.39, 0.29) is 23.8 Å². The molecule has 0 spiro atoms. The quantitative estimate of drug-likeness (QED) is 0.378. The molecular weight excluding hydrogens is 386 g/mol. The zero-order chi connectivity index (χ0) is 20.1. The average Bonchev–Trinajstić information content (AvgIpc) is 3.14. The second-order valence-corrected chi connectivity index (χ2v) is 7.11. The molecule has 0 saturated carbocycles. The Morgan fingerprint density at radius 2 is 1.89 bits per heavy atom. The van der Waals surface area contributed by atoms with E-state index in [1.54, 1.807) is 24.3 Å². The lowest BCUT2D eigenvalue weighted by Crippen LogP contribution is -2.24. The van der Waals surface area contributed by atoms with Crippen LogP contribution in [-0.2, 0) is 21.5 Å². The van der Waals surface area contributed by atoms with Crippen molar-refractivity contribution in [3.63, 3.8) is 0 Å². The minimum Gasteiger partial charge on any atom is -0.454 e. The monoisotopic (exact) mass is 401 g/mol. The van der Waals surface area contributed by atoms with Gasteiger partial charge in [0.2, 0.25) is 6.79 Å². The Hall–Kier alpha value is -3.55. The number of ether oxygens (including phenoxy) is 2. The normalized spacial score (nSPS) is 12.9. The van der Waals surface area contributed by atoms with Crippen LogP contribution in [0.2, 0.25) is 0 Å². The molecule has 3 rings (SSSR count). The van der Waals surface area contributed by atoms with Gasteiger partial charge in [-0.25, -0.2) is 0 Å². The molecule has 0 saturated heterocycles. The molecule has 0 aromatic heterocycles. The van der Waals surface area contributed by atoms with Gasteiger partial charge in [-0.2, -0.15) is 13.7 Å². The number of amides is 1. The maximum absolute atomic E-state index is 12.2. The highest BCUT2D eigenvalue weighted by Crippen LogP contribution is 2.32. The van der Waals surface area contributed by atoms with Crippen LogP contribution in [0.15, 0.2) is 59.1 Å². The van der Waals surface area contributed by atoms with Gasteiger partial charge in [-0.1, -0.05) is 6.07 Å². The summed E-state index contributed by atoms with van der Waals surface area (Å²) in [4.78, 5) is 11.9. The Morgan fingerprint density at radius 3 is 2.57 bits per heavy atom. The SMILES string of the molecule is N#C/C(=C/Nc1ccc(S(=O)(=O)O)cc1)C(=O)NCc1ccc2c(c1)OCO2. The second kappa shape index (κ2) is 7.99. The summed E-state index contributed by atoms with van der Waals surface area (Å²) in [5.74, 6) is 0.650. The minimum atomic E-state index is -4.28. The molecule has 1 heterocycles. The fraction of sp³-hybridized carbons (Fsp3) is 0.111. The Balaban J connectivity index is 1.60. The zero-order valence-corrected chi connectivity index (χ0v) is 15.2. The van der Waals surface area contributed by atoms with Gasteiger partial charge in [-0.15, -0.1) is 0 Å². The van der Waals surface area contributed by atoms with Crippen LogP contribution in [0.25, 0.3) is 0 Å². The maximum atomic E-state index is 12.2. The average molecular weight is 401 g/mol. The van der Waals surface area contributed by atoms with Crippen LogP contribution in [0.5, 0.6) is 11.5 Å². The van der Waals surface area contributed by atoms with Crippen LogP contribution in [0.1, 0.15) is 5.56 Å². The van der Waals surface area contributed by atoms with Gasteiger partial charge in [0.15, 0.2) is 11.5 Å². The van der Waals surface area contributed by atoms with Crippen LogP contribution in [0, 0.1) is 11.3 Å². The standard InChI is InChI=1S/C18H15N3O6S/c19-8-13(10-20-14-2-4-15(5-3-14)28(23,24)25)18(22)21-9-12-1-6-16-17(7-12)27-11-26-16/h1-7,10,20H,9,11H2,(H,21,22)(H,23,24,25)/b13-10-. The highest BCUT2D eigenvalue weighted by Gasteiger charge is 2.14. The minimum absolute atomic E-state index is 0.156. The highest BCUT2D eigenvalue weighted by atomic mass is 32.2. The van der Waals surface area contributed by atoms with Crippen molar-refractivity contribution in [1.82, 2.24) is 5.32 Å². The van der Waals surface area contributed by atoms with Gasteiger partial charge in [-0.05, 0) is 42.0 Å². The van der Waals surface area contributed by atoms with E-state index < -0.39 is 16.0 Å². The lowest BCUT2D eigenvalue weighted by molar-refractivity contribution is -0.117. The van der Waals surface area contributed by atoms with E-state index in [0.717, 1.165) is 5.56 Å². The summed E-state index contributed by atoms with van der Waals surface area (Å²) in [5, 5.41) is 14.5. The number of benzene rings is 2. The van der Waals surface area contributed by atoms with Gasteiger partial charge in [0.05, 0.1) is 4.90 Å². The molecule has 1 aliphatic rings. The molecule has 0 aliphatic carbocycles. The van der Waals surface area contributed by atoms with Crippen molar-refractivity contribution < 1.29 is 27.2 Å². The topological polar surface area (TPSA) is 138 Å². The van der Waals surface area contributed by atoms with Crippen molar-refractivity contribution >= 4 is 21.7 Å². The summed E-state index contributed by atoms with van der Waals surface area (Å²) in [6, 6.07) is 12.2. The van der Waals surface area contributed by atoms with E-state index in [1.165, 1.54) is 30.5 Å². The Kier molecular flexibility index (Phi) is 5.49. The van der Waals surface area contributed by atoms with E-state index in [9.17, 15) is 18.5 Å². The third-order valence-corrected chi connectivity index (χ3v) is 4.66. The smallest absolute Gasteiger partial charge is 0.294 e. The van der Waals surface area contributed by atoms with Crippen LogP contribution >= 0.6 is 0 Å². The van der Waals surface area contributed by atoms with E-state index >= 15 is 0 Å². The van der Waals surface area contributed by atoms with Crippen LogP contribution in [-0.4, -0.2) is 25.7 Å². The van der Waals surface area contributed by atoms with E-state index in [1.807, 2.05) is 0 Å². The third-order valence-electron chi connectivity index (χ3n) is 3.79. The van der Waals surface area contributed by atoms with Crippen molar-refractivity contribution in [2.24, 2.45) is 0 Å². The van der Waals surface area contributed by atoms with Gasteiger partial charge in [-0.3, -0.25) is 9.35 Å². The number of nitrogens with one attached hydrogen (secondary N) is 2. The molecule has 144 valence electrons. The molecule has 0 unspecified atom stereocenters. The Labute approximate surface area is 160 Å². The van der Waals surface area contributed by atoms with Gasteiger partial charge in [0.1, 0.15) is 11.6 Å². The molecule has 28 heavy (non-hydrogen) atoms. The van der Waals surface area contributed by atoms with Gasteiger partial charge < -0.3 is 20.1 Å². The first-order valence-corrected chi connectivity index (χ1v) is 9.42. The Bertz CT molecular complexity index is 1070. The summed E-state index contributed by atoms with van der Waals surface area (Å²) < 4.78 is 41.4. The molecule has 0 radical (unpaired) electrons. The number of fused-ring (bicyclic) bond motifs is 1. The number of rotatable bonds is 6. The van der Waals surface area contributed by atoms with Gasteiger partial charge in [0, 0.05) is 18.4 Å². The summed E-state index contributed by atoms with van der Waals surface area (Å²) in [6.07, 6.45) is 1.21. The number of hydrogen-bond acceptors (Lipinski definition) is 7. The van der Waals surface area contributed by atoms with E-state index in [2.05, 4.69) is 10.6 Å². The number of nitrogens with zero attached hydrogens (tertiary/aromatic N) is 1. The molecule has 10 heteroatoms. The van der Waals surface area contributed by atoms with Crippen molar-refractivity contribution in [2.75, 3.05) is 12.1 Å². The number of hydrogen-bond donors (Lipinski definition) is 3. The molecule has 1 aliphatic heterocycles. The molecule has 0 atom stereocenters. The van der Waals surface area contributed by atoms with Crippen molar-refractivity contribution in [1.29, 1.82) is 5.26 Å². The highest BCUT2D eigenvalue weighted by molar-refractivity contribution is 7.85. The van der Waals surface area contributed by atoms with E-state index in [4.69, 9.17) is 14.0 Å². The van der Waals surface area contributed by atoms with Crippen molar-refractivity contribution in [3.05, 3.63) is 59.8 Å². The summed E-state index contributed by atoms with van der Waals surface area (Å²) in [6.45, 7) is 0.348. The predicted molar refractivity (Wildman–Crippen MR) is 98.0 cm³/mol. The second-order valence-electron chi connectivity index (χ2n) is 5.68. The first-order valence-electron chi connectivity index (χ1n) is 7.98. The number of carbonyl (C=O) groups excluding carboxylic acids is 1. The fourth-order valence-corrected chi connectivity index (χ4v) is 2.84. The summed E-state index contributed by atoms with van der Waals surface area (Å²) in [7, 11) is -4.28. The van der Waals surface area contributed by atoms with Gasteiger partial charge in [0.25, 0.3) is 16.0 Å². The number of carbonyl (C=O) groups is 1. The fourth-order valence-electron chi connectivity index (χ4n) is 2.36. The zero-order valence-electron chi connectivity index (χ0n) is 14.4. The van der Waals surface area contributed by atoms with E-state index in [0.29, 0.717) is 17.2 Å². The predicted octanol–water partition coefficient (Wildman–Crippen LogP) is 1.80. The van der Waals surface area contributed by atoms with Crippen LogP contribution < -0.4 is 20.1 Å². The molecule has 1 amide bonds. The summed E-state index contributed by atoms with van der Waals surface area (Å²) in [5.41, 5.74) is 1.05. The molecule has 2 aromatic carbocycles. The van der Waals surface area contributed by atoms with Crippen LogP contribution in [0.4, 0.5) is 5.69 Å². The summed E-state index contributed by atoms with van der Waals surface area (Å²) >= 11 is 0. The number of anilines is 1. The third kappa shape index (κ3) is 4.59. The van der Waals surface area contributed by atoms with Crippen molar-refractivity contribution in [3.8, 4) is 17.6 Å². The molecule has 2 aromatic rings. The molecule has 0 bridgehead atoms.